The topological polar surface area (TPSA) is 24.9 Å². The Kier molecular flexibility index (Phi) is 4.38. The molecular formula is C16H22N2S. The van der Waals surface area contributed by atoms with Crippen LogP contribution in [0.4, 0.5) is 0 Å². The molecule has 0 aliphatic carbocycles. The van der Waals surface area contributed by atoms with Gasteiger partial charge in [-0.2, -0.15) is 0 Å². The van der Waals surface area contributed by atoms with E-state index in [9.17, 15) is 0 Å². The highest BCUT2D eigenvalue weighted by atomic mass is 32.1. The Labute approximate surface area is 119 Å². The third kappa shape index (κ3) is 3.88. The van der Waals surface area contributed by atoms with Crippen LogP contribution in [0.1, 0.15) is 50.0 Å². The number of hydrogen-bond donors (Lipinski definition) is 1. The van der Waals surface area contributed by atoms with Crippen LogP contribution in [-0.2, 0) is 12.0 Å². The van der Waals surface area contributed by atoms with Crippen molar-refractivity contribution in [3.05, 3.63) is 52.0 Å². The predicted molar refractivity (Wildman–Crippen MR) is 82.5 cm³/mol. The summed E-state index contributed by atoms with van der Waals surface area (Å²) in [4.78, 5) is 4.70. The Morgan fingerprint density at radius 1 is 1.21 bits per heavy atom. The fraction of sp³-hybridized carbons (Fsp3) is 0.438. The van der Waals surface area contributed by atoms with Crippen LogP contribution >= 0.6 is 11.3 Å². The van der Waals surface area contributed by atoms with Gasteiger partial charge in [-0.3, -0.25) is 0 Å². The predicted octanol–water partition coefficient (Wildman–Crippen LogP) is 4.29. The summed E-state index contributed by atoms with van der Waals surface area (Å²) in [7, 11) is 0. The molecule has 19 heavy (non-hydrogen) atoms. The van der Waals surface area contributed by atoms with Crippen molar-refractivity contribution < 1.29 is 0 Å². The molecule has 1 heterocycles. The first-order valence-corrected chi connectivity index (χ1v) is 7.58. The zero-order chi connectivity index (χ0) is 13.9. The zero-order valence-corrected chi connectivity index (χ0v) is 12.9. The maximum Gasteiger partial charge on any atom is 0.107 e. The summed E-state index contributed by atoms with van der Waals surface area (Å²) in [6.07, 6.45) is 0. The molecule has 1 aromatic heterocycles. The third-order valence-electron chi connectivity index (χ3n) is 3.18. The molecule has 0 amide bonds. The highest BCUT2D eigenvalue weighted by molar-refractivity contribution is 7.09. The van der Waals surface area contributed by atoms with E-state index in [-0.39, 0.29) is 5.41 Å². The van der Waals surface area contributed by atoms with Gasteiger partial charge in [-0.1, -0.05) is 51.1 Å². The summed E-state index contributed by atoms with van der Waals surface area (Å²) >= 11 is 1.74. The van der Waals surface area contributed by atoms with E-state index >= 15 is 0 Å². The van der Waals surface area contributed by atoms with Crippen LogP contribution in [0, 0.1) is 0 Å². The van der Waals surface area contributed by atoms with E-state index in [1.54, 1.807) is 11.3 Å². The van der Waals surface area contributed by atoms with Gasteiger partial charge >= 0.3 is 0 Å². The van der Waals surface area contributed by atoms with E-state index < -0.39 is 0 Å². The molecule has 1 atom stereocenters. The molecule has 0 aliphatic heterocycles. The molecule has 0 fully saturated rings. The zero-order valence-electron chi connectivity index (χ0n) is 12.1. The normalized spacial score (nSPS) is 13.5. The number of thiazole rings is 1. The van der Waals surface area contributed by atoms with Gasteiger partial charge in [-0.15, -0.1) is 11.3 Å². The molecule has 0 radical (unpaired) electrons. The van der Waals surface area contributed by atoms with E-state index in [2.05, 4.69) is 62.7 Å². The van der Waals surface area contributed by atoms with Gasteiger partial charge in [0.1, 0.15) is 5.01 Å². The van der Waals surface area contributed by atoms with E-state index in [0.29, 0.717) is 6.04 Å². The van der Waals surface area contributed by atoms with Crippen molar-refractivity contribution in [2.24, 2.45) is 0 Å². The standard InChI is InChI=1S/C16H22N2S/c1-12(13-8-6-5-7-9-13)17-10-15-18-14(11-19-15)16(2,3)4/h5-9,11-12,17H,10H2,1-4H3. The number of aromatic nitrogens is 1. The Hall–Kier alpha value is -1.19. The highest BCUT2D eigenvalue weighted by Crippen LogP contribution is 2.24. The van der Waals surface area contributed by atoms with Crippen LogP contribution in [0.25, 0.3) is 0 Å². The van der Waals surface area contributed by atoms with Gasteiger partial charge in [0.2, 0.25) is 0 Å². The van der Waals surface area contributed by atoms with Crippen molar-refractivity contribution in [1.82, 2.24) is 10.3 Å². The first-order chi connectivity index (χ1) is 8.97. The number of nitrogens with one attached hydrogen (secondary N) is 1. The van der Waals surface area contributed by atoms with Crippen molar-refractivity contribution in [1.29, 1.82) is 0 Å². The molecule has 2 rings (SSSR count). The molecular weight excluding hydrogens is 252 g/mol. The molecule has 0 aliphatic rings. The van der Waals surface area contributed by atoms with Crippen LogP contribution in [-0.4, -0.2) is 4.98 Å². The van der Waals surface area contributed by atoms with Gasteiger partial charge < -0.3 is 5.32 Å². The lowest BCUT2D eigenvalue weighted by Gasteiger charge is -2.15. The van der Waals surface area contributed by atoms with Gasteiger partial charge in [0.25, 0.3) is 0 Å². The van der Waals surface area contributed by atoms with E-state index in [1.165, 1.54) is 11.3 Å². The van der Waals surface area contributed by atoms with Crippen molar-refractivity contribution in [3.8, 4) is 0 Å². The van der Waals surface area contributed by atoms with Gasteiger partial charge in [0, 0.05) is 23.4 Å². The summed E-state index contributed by atoms with van der Waals surface area (Å²) in [5.41, 5.74) is 2.64. The first kappa shape index (κ1) is 14.2. The van der Waals surface area contributed by atoms with Gasteiger partial charge in [0.05, 0.1) is 5.69 Å². The van der Waals surface area contributed by atoms with Gasteiger partial charge in [0.15, 0.2) is 0 Å². The number of nitrogens with zero attached hydrogens (tertiary/aromatic N) is 1. The van der Waals surface area contributed by atoms with Crippen LogP contribution < -0.4 is 5.32 Å². The van der Waals surface area contributed by atoms with E-state index in [1.807, 2.05) is 6.07 Å². The summed E-state index contributed by atoms with van der Waals surface area (Å²) in [6.45, 7) is 9.62. The minimum Gasteiger partial charge on any atom is -0.304 e. The van der Waals surface area contributed by atoms with E-state index in [0.717, 1.165) is 11.6 Å². The molecule has 1 aromatic carbocycles. The molecule has 2 aromatic rings. The van der Waals surface area contributed by atoms with Crippen LogP contribution in [0.3, 0.4) is 0 Å². The maximum atomic E-state index is 4.70. The van der Waals surface area contributed by atoms with Crippen molar-refractivity contribution >= 4 is 11.3 Å². The van der Waals surface area contributed by atoms with Gasteiger partial charge in [-0.25, -0.2) is 4.98 Å². The largest absolute Gasteiger partial charge is 0.304 e. The second-order valence-electron chi connectivity index (χ2n) is 5.89. The first-order valence-electron chi connectivity index (χ1n) is 6.70. The minimum atomic E-state index is 0.139. The average molecular weight is 274 g/mol. The second-order valence-corrected chi connectivity index (χ2v) is 6.83. The smallest absolute Gasteiger partial charge is 0.107 e. The summed E-state index contributed by atoms with van der Waals surface area (Å²) in [5.74, 6) is 0. The highest BCUT2D eigenvalue weighted by Gasteiger charge is 2.17. The fourth-order valence-corrected chi connectivity index (χ4v) is 2.81. The third-order valence-corrected chi connectivity index (χ3v) is 4.03. The number of hydrogen-bond acceptors (Lipinski definition) is 3. The molecule has 0 bridgehead atoms. The Morgan fingerprint density at radius 2 is 1.89 bits per heavy atom. The molecule has 2 nitrogen and oxygen atoms in total. The Morgan fingerprint density at radius 3 is 2.47 bits per heavy atom. The molecule has 0 spiro atoms. The second kappa shape index (κ2) is 5.85. The lowest BCUT2D eigenvalue weighted by molar-refractivity contribution is 0.554. The monoisotopic (exact) mass is 274 g/mol. The number of rotatable bonds is 4. The molecule has 0 saturated heterocycles. The Balaban J connectivity index is 1.94. The summed E-state index contributed by atoms with van der Waals surface area (Å²) in [6, 6.07) is 10.9. The van der Waals surface area contributed by atoms with Crippen molar-refractivity contribution in [2.75, 3.05) is 0 Å². The Bertz CT molecular complexity index is 511. The van der Waals surface area contributed by atoms with Crippen molar-refractivity contribution in [2.45, 2.75) is 45.7 Å². The van der Waals surface area contributed by atoms with Gasteiger partial charge in [-0.05, 0) is 12.5 Å². The van der Waals surface area contributed by atoms with Crippen LogP contribution in [0.2, 0.25) is 0 Å². The molecule has 1 N–H and O–H groups in total. The van der Waals surface area contributed by atoms with Crippen LogP contribution in [0.5, 0.6) is 0 Å². The minimum absolute atomic E-state index is 0.139. The molecule has 0 saturated carbocycles. The molecule has 102 valence electrons. The van der Waals surface area contributed by atoms with Crippen LogP contribution in [0.15, 0.2) is 35.7 Å². The fourth-order valence-electron chi connectivity index (χ4n) is 1.84. The van der Waals surface area contributed by atoms with Crippen molar-refractivity contribution in [3.63, 3.8) is 0 Å². The average Bonchev–Trinajstić information content (AvgIpc) is 2.86. The summed E-state index contributed by atoms with van der Waals surface area (Å²) in [5, 5.41) is 6.86. The maximum absolute atomic E-state index is 4.70. The molecule has 1 unspecified atom stereocenters. The molecule has 3 heteroatoms. The SMILES string of the molecule is CC(NCc1nc(C(C)(C)C)cs1)c1ccccc1. The van der Waals surface area contributed by atoms with E-state index in [4.69, 9.17) is 4.98 Å². The summed E-state index contributed by atoms with van der Waals surface area (Å²) < 4.78 is 0. The lowest BCUT2D eigenvalue weighted by atomic mass is 9.93. The number of benzene rings is 1. The quantitative estimate of drug-likeness (QED) is 0.899. The lowest BCUT2D eigenvalue weighted by Crippen LogP contribution is -2.18.